The van der Waals surface area contributed by atoms with Crippen molar-refractivity contribution in [3.63, 3.8) is 0 Å². The van der Waals surface area contributed by atoms with Gasteiger partial charge in [0.05, 0.1) is 33.8 Å². The van der Waals surface area contributed by atoms with Gasteiger partial charge in [-0.3, -0.25) is 4.98 Å². The molecule has 0 radical (unpaired) electrons. The Morgan fingerprint density at radius 3 is 2.56 bits per heavy atom. The summed E-state index contributed by atoms with van der Waals surface area (Å²) in [6.07, 6.45) is 3.73. The van der Waals surface area contributed by atoms with Gasteiger partial charge in [-0.25, -0.2) is 19.3 Å². The molecule has 3 aromatic heterocycles. The fraction of sp³-hybridized carbons (Fsp3) is 0.583. The molecule has 0 aromatic carbocycles. The van der Waals surface area contributed by atoms with Gasteiger partial charge in [-0.05, 0) is 60.3 Å². The van der Waals surface area contributed by atoms with Crippen molar-refractivity contribution in [2.24, 2.45) is 5.92 Å². The molecule has 2 fully saturated rings. The minimum atomic E-state index is -1.39. The first-order valence-electron chi connectivity index (χ1n) is 11.4. The van der Waals surface area contributed by atoms with Crippen molar-refractivity contribution in [1.82, 2.24) is 19.9 Å². The zero-order chi connectivity index (χ0) is 24.4. The van der Waals surface area contributed by atoms with Crippen molar-refractivity contribution >= 4 is 39.1 Å². The average molecular weight is 504 g/mol. The van der Waals surface area contributed by atoms with Gasteiger partial charge in [-0.1, -0.05) is 11.8 Å². The second-order valence-corrected chi connectivity index (χ2v) is 11.8. The quantitative estimate of drug-likeness (QED) is 0.358. The van der Waals surface area contributed by atoms with Crippen molar-refractivity contribution in [1.29, 1.82) is 0 Å². The lowest BCUT2D eigenvalue weighted by atomic mass is 9.89. The predicted molar refractivity (Wildman–Crippen MR) is 134 cm³/mol. The normalized spacial score (nSPS) is 26.2. The first-order chi connectivity index (χ1) is 16.0. The molecular weight excluding hydrogens is 473 g/mol. The van der Waals surface area contributed by atoms with Gasteiger partial charge in [-0.2, -0.15) is 0 Å². The summed E-state index contributed by atoms with van der Waals surface area (Å²) in [6, 6.07) is 1.82. The van der Waals surface area contributed by atoms with Gasteiger partial charge in [-0.15, -0.1) is 11.3 Å². The molecular formula is C24H30FN5O2S2. The summed E-state index contributed by atoms with van der Waals surface area (Å²) in [5.41, 5.74) is 2.08. The molecule has 1 saturated heterocycles. The number of thiazole rings is 1. The van der Waals surface area contributed by atoms with Crippen LogP contribution in [0.4, 0.5) is 10.2 Å². The molecule has 34 heavy (non-hydrogen) atoms. The second-order valence-electron chi connectivity index (χ2n) is 10.0. The van der Waals surface area contributed by atoms with Crippen molar-refractivity contribution < 1.29 is 13.9 Å². The summed E-state index contributed by atoms with van der Waals surface area (Å²) < 4.78 is 28.7. The maximum absolute atomic E-state index is 15.2. The van der Waals surface area contributed by atoms with E-state index in [1.807, 2.05) is 40.0 Å². The van der Waals surface area contributed by atoms with Crippen LogP contribution in [-0.4, -0.2) is 55.9 Å². The van der Waals surface area contributed by atoms with Crippen LogP contribution in [0.2, 0.25) is 0 Å². The molecule has 0 amide bonds. The van der Waals surface area contributed by atoms with Gasteiger partial charge in [0.2, 0.25) is 0 Å². The van der Waals surface area contributed by atoms with Crippen molar-refractivity contribution in [3.8, 4) is 10.6 Å². The lowest BCUT2D eigenvalue weighted by Gasteiger charge is -2.29. The molecule has 1 aliphatic heterocycles. The van der Waals surface area contributed by atoms with Gasteiger partial charge >= 0.3 is 0 Å². The number of hydrogen-bond acceptors (Lipinski definition) is 9. The van der Waals surface area contributed by atoms with E-state index in [2.05, 4.69) is 15.3 Å². The Kier molecular flexibility index (Phi) is 5.86. The minimum absolute atomic E-state index is 0.160. The summed E-state index contributed by atoms with van der Waals surface area (Å²) in [5, 5.41) is 5.11. The Balaban J connectivity index is 1.57. The molecule has 182 valence electrons. The molecule has 10 heteroatoms. The van der Waals surface area contributed by atoms with Crippen LogP contribution in [0.1, 0.15) is 45.5 Å². The fourth-order valence-electron chi connectivity index (χ4n) is 5.06. The van der Waals surface area contributed by atoms with E-state index in [4.69, 9.17) is 19.4 Å². The van der Waals surface area contributed by atoms with Crippen molar-refractivity contribution in [3.05, 3.63) is 23.7 Å². The Labute approximate surface area is 207 Å². The Morgan fingerprint density at radius 1 is 1.15 bits per heavy atom. The van der Waals surface area contributed by atoms with E-state index in [0.29, 0.717) is 17.4 Å². The zero-order valence-corrected chi connectivity index (χ0v) is 22.1. The minimum Gasteiger partial charge on any atom is -0.364 e. The van der Waals surface area contributed by atoms with Gasteiger partial charge in [0, 0.05) is 12.1 Å². The van der Waals surface area contributed by atoms with Crippen molar-refractivity contribution in [2.45, 2.75) is 82.8 Å². The molecule has 3 aromatic rings. The molecule has 1 N–H and O–H groups in total. The third-order valence-electron chi connectivity index (χ3n) is 6.62. The molecule has 1 aliphatic carbocycles. The van der Waals surface area contributed by atoms with Crippen LogP contribution >= 0.6 is 23.1 Å². The van der Waals surface area contributed by atoms with E-state index in [9.17, 15) is 0 Å². The van der Waals surface area contributed by atoms with Gasteiger partial charge < -0.3 is 14.8 Å². The van der Waals surface area contributed by atoms with E-state index in [1.165, 1.54) is 11.8 Å². The monoisotopic (exact) mass is 503 g/mol. The number of fused-ring (bicyclic) bond motifs is 2. The van der Waals surface area contributed by atoms with Crippen LogP contribution in [0.25, 0.3) is 20.8 Å². The summed E-state index contributed by atoms with van der Waals surface area (Å²) >= 11 is 3.08. The highest BCUT2D eigenvalue weighted by Gasteiger charge is 2.58. The molecule has 1 unspecified atom stereocenters. The molecule has 4 atom stereocenters. The maximum atomic E-state index is 15.2. The highest BCUT2D eigenvalue weighted by molar-refractivity contribution is 7.98. The summed E-state index contributed by atoms with van der Waals surface area (Å²) in [5.74, 6) is -0.360. The smallest absolute Gasteiger partial charge is 0.189 e. The molecule has 0 spiro atoms. The average Bonchev–Trinajstić information content (AvgIpc) is 3.39. The lowest BCUT2D eigenvalue weighted by molar-refractivity contribution is -0.162. The molecule has 2 aliphatic rings. The lowest BCUT2D eigenvalue weighted by Crippen LogP contribution is -2.36. The Hall–Kier alpha value is -1.88. The number of pyridine rings is 1. The second kappa shape index (κ2) is 8.36. The van der Waals surface area contributed by atoms with Gasteiger partial charge in [0.15, 0.2) is 10.9 Å². The van der Waals surface area contributed by atoms with Crippen LogP contribution in [-0.2, 0) is 9.47 Å². The highest BCUT2D eigenvalue weighted by Crippen LogP contribution is 2.48. The van der Waals surface area contributed by atoms with Crippen LogP contribution in [0.3, 0.4) is 0 Å². The van der Waals surface area contributed by atoms with Gasteiger partial charge in [0.1, 0.15) is 28.1 Å². The fourth-order valence-corrected chi connectivity index (χ4v) is 6.58. The predicted octanol–water partition coefficient (Wildman–Crippen LogP) is 5.56. The highest BCUT2D eigenvalue weighted by atomic mass is 32.2. The third kappa shape index (κ3) is 4.19. The number of nitrogens with zero attached hydrogens (tertiary/aromatic N) is 4. The number of aromatic nitrogens is 4. The Bertz CT molecular complexity index is 1240. The number of thioether (sulfide) groups is 1. The standard InChI is InChI=1S/C24H30FN5O2S2/c1-11-16(21-29-17-12(2)26-9-8-15(17)34-21)20(30-22(27-11)33-7)28-14-10-13(23(3,4)25)18-19(14)32-24(5,6)31-18/h8-9,13-14,18-19H,10H2,1-7H3,(H,27,28,30)/t13?,14-,18-,19+/m1/s1. The van der Waals surface area contributed by atoms with E-state index in [1.54, 1.807) is 31.4 Å². The number of anilines is 1. The maximum Gasteiger partial charge on any atom is 0.189 e. The van der Waals surface area contributed by atoms with Crippen LogP contribution in [0.15, 0.2) is 17.4 Å². The number of nitrogens with one attached hydrogen (secondary N) is 1. The zero-order valence-electron chi connectivity index (χ0n) is 20.5. The summed E-state index contributed by atoms with van der Waals surface area (Å²) in [4.78, 5) is 18.8. The Morgan fingerprint density at radius 2 is 1.88 bits per heavy atom. The topological polar surface area (TPSA) is 82.1 Å². The number of hydrogen-bond donors (Lipinski definition) is 1. The molecule has 4 heterocycles. The number of halogens is 1. The molecule has 1 saturated carbocycles. The molecule has 7 nitrogen and oxygen atoms in total. The number of alkyl halides is 1. The van der Waals surface area contributed by atoms with E-state index in [0.717, 1.165) is 32.2 Å². The van der Waals surface area contributed by atoms with E-state index in [-0.39, 0.29) is 24.2 Å². The van der Waals surface area contributed by atoms with E-state index >= 15 is 4.39 Å². The van der Waals surface area contributed by atoms with Crippen molar-refractivity contribution in [2.75, 3.05) is 11.6 Å². The van der Waals surface area contributed by atoms with Gasteiger partial charge in [0.25, 0.3) is 0 Å². The number of rotatable bonds is 5. The first kappa shape index (κ1) is 23.8. The van der Waals surface area contributed by atoms with E-state index < -0.39 is 11.5 Å². The largest absolute Gasteiger partial charge is 0.364 e. The molecule has 0 bridgehead atoms. The number of aryl methyl sites for hydroxylation is 2. The van der Waals surface area contributed by atoms with Crippen LogP contribution in [0.5, 0.6) is 0 Å². The van der Waals surface area contributed by atoms with Crippen LogP contribution < -0.4 is 5.32 Å². The first-order valence-corrected chi connectivity index (χ1v) is 13.5. The third-order valence-corrected chi connectivity index (χ3v) is 8.21. The summed E-state index contributed by atoms with van der Waals surface area (Å²) in [6.45, 7) is 10.9. The SMILES string of the molecule is CSc1nc(C)c(-c2nc3c(C)nccc3s2)c(N[C@@H]2CC(C(C)(C)F)[C@H]3OC(C)(C)O[C@H]32)n1. The molecule has 5 rings (SSSR count). The number of ether oxygens (including phenoxy) is 2. The summed E-state index contributed by atoms with van der Waals surface area (Å²) in [7, 11) is 0. The van der Waals surface area contributed by atoms with Crippen LogP contribution in [0, 0.1) is 19.8 Å².